The normalized spacial score (nSPS) is 20.4. The molecule has 3 heteroatoms. The number of hydrogen-bond acceptors (Lipinski definition) is 3. The Morgan fingerprint density at radius 3 is 3.10 bits per heavy atom. The molecule has 106 valence electrons. The second-order valence-electron chi connectivity index (χ2n) is 5.44. The number of hydrogen-bond donors (Lipinski definition) is 1. The highest BCUT2D eigenvalue weighted by molar-refractivity contribution is 8.00. The standard InChI is InChI=1S/C17H22N2S/c1-2-9-18-17(16-8-5-10-20-16)14-11-13-6-3-4-7-15(13)19-12-14/h3-4,6-7,11-12,16-18H,2,5,8-10H2,1H3. The molecule has 2 heterocycles. The van der Waals surface area contributed by atoms with Crippen molar-refractivity contribution in [3.8, 4) is 0 Å². The zero-order chi connectivity index (χ0) is 13.8. The van der Waals surface area contributed by atoms with Crippen molar-refractivity contribution in [1.82, 2.24) is 10.3 Å². The van der Waals surface area contributed by atoms with Crippen LogP contribution >= 0.6 is 11.8 Å². The SMILES string of the molecule is CCCNC(c1cnc2ccccc2c1)C1CCCS1. The Bertz CT molecular complexity index is 564. The smallest absolute Gasteiger partial charge is 0.0702 e. The fourth-order valence-corrected chi connectivity index (χ4v) is 4.30. The van der Waals surface area contributed by atoms with E-state index in [4.69, 9.17) is 0 Å². The van der Waals surface area contributed by atoms with Gasteiger partial charge in [-0.2, -0.15) is 11.8 Å². The summed E-state index contributed by atoms with van der Waals surface area (Å²) in [6.07, 6.45) is 5.91. The molecule has 1 fully saturated rings. The molecule has 1 N–H and O–H groups in total. The number of aromatic nitrogens is 1. The van der Waals surface area contributed by atoms with Crippen molar-refractivity contribution in [3.05, 3.63) is 42.1 Å². The van der Waals surface area contributed by atoms with Crippen LogP contribution in [0.2, 0.25) is 0 Å². The zero-order valence-electron chi connectivity index (χ0n) is 12.0. The van der Waals surface area contributed by atoms with Gasteiger partial charge in [0.2, 0.25) is 0 Å². The van der Waals surface area contributed by atoms with Crippen LogP contribution in [-0.4, -0.2) is 22.5 Å². The second-order valence-corrected chi connectivity index (χ2v) is 6.79. The molecule has 1 aliphatic rings. The minimum Gasteiger partial charge on any atom is -0.309 e. The highest BCUT2D eigenvalue weighted by Crippen LogP contribution is 2.36. The monoisotopic (exact) mass is 286 g/mol. The largest absolute Gasteiger partial charge is 0.309 e. The minimum atomic E-state index is 0.444. The van der Waals surface area contributed by atoms with E-state index in [0.717, 1.165) is 12.1 Å². The van der Waals surface area contributed by atoms with Gasteiger partial charge < -0.3 is 5.32 Å². The lowest BCUT2D eigenvalue weighted by molar-refractivity contribution is 0.503. The van der Waals surface area contributed by atoms with E-state index in [9.17, 15) is 0 Å². The van der Waals surface area contributed by atoms with E-state index in [-0.39, 0.29) is 0 Å². The maximum Gasteiger partial charge on any atom is 0.0702 e. The van der Waals surface area contributed by atoms with Crippen molar-refractivity contribution in [2.75, 3.05) is 12.3 Å². The summed E-state index contributed by atoms with van der Waals surface area (Å²) in [7, 11) is 0. The lowest BCUT2D eigenvalue weighted by atomic mass is 10.0. The zero-order valence-corrected chi connectivity index (χ0v) is 12.8. The third kappa shape index (κ3) is 2.99. The molecule has 2 atom stereocenters. The summed E-state index contributed by atoms with van der Waals surface area (Å²) in [5, 5.41) is 5.68. The van der Waals surface area contributed by atoms with Crippen molar-refractivity contribution in [2.45, 2.75) is 37.5 Å². The van der Waals surface area contributed by atoms with Crippen molar-refractivity contribution in [1.29, 1.82) is 0 Å². The average molecular weight is 286 g/mol. The van der Waals surface area contributed by atoms with Gasteiger partial charge >= 0.3 is 0 Å². The fourth-order valence-electron chi connectivity index (χ4n) is 2.89. The number of thioether (sulfide) groups is 1. The van der Waals surface area contributed by atoms with Gasteiger partial charge in [0.15, 0.2) is 0 Å². The highest BCUT2D eigenvalue weighted by Gasteiger charge is 2.26. The van der Waals surface area contributed by atoms with Crippen LogP contribution in [0.5, 0.6) is 0 Å². The highest BCUT2D eigenvalue weighted by atomic mass is 32.2. The van der Waals surface area contributed by atoms with E-state index < -0.39 is 0 Å². The van der Waals surface area contributed by atoms with E-state index >= 15 is 0 Å². The molecule has 0 aliphatic carbocycles. The molecular weight excluding hydrogens is 264 g/mol. The number of benzene rings is 1. The maximum atomic E-state index is 4.63. The van der Waals surface area contributed by atoms with Crippen LogP contribution in [0.25, 0.3) is 10.9 Å². The predicted octanol–water partition coefficient (Wildman–Crippen LogP) is 4.17. The fraction of sp³-hybridized carbons (Fsp3) is 0.471. The minimum absolute atomic E-state index is 0.444. The van der Waals surface area contributed by atoms with Crippen LogP contribution in [0.3, 0.4) is 0 Å². The molecule has 1 aromatic carbocycles. The molecule has 1 aromatic heterocycles. The molecule has 1 saturated heterocycles. The quantitative estimate of drug-likeness (QED) is 0.893. The first-order valence-corrected chi connectivity index (χ1v) is 8.63. The molecule has 1 aliphatic heterocycles. The van der Waals surface area contributed by atoms with E-state index in [1.54, 1.807) is 0 Å². The number of fused-ring (bicyclic) bond motifs is 1. The van der Waals surface area contributed by atoms with Gasteiger partial charge in [-0.3, -0.25) is 4.98 Å². The Kier molecular flexibility index (Phi) is 4.58. The number of nitrogens with zero attached hydrogens (tertiary/aromatic N) is 1. The number of rotatable bonds is 5. The maximum absolute atomic E-state index is 4.63. The van der Waals surface area contributed by atoms with Crippen LogP contribution < -0.4 is 5.32 Å². The van der Waals surface area contributed by atoms with Crippen molar-refractivity contribution in [2.24, 2.45) is 0 Å². The molecule has 0 radical (unpaired) electrons. The van der Waals surface area contributed by atoms with Gasteiger partial charge in [0.25, 0.3) is 0 Å². The summed E-state index contributed by atoms with van der Waals surface area (Å²) in [5.41, 5.74) is 2.43. The van der Waals surface area contributed by atoms with Gasteiger partial charge in [0.1, 0.15) is 0 Å². The Morgan fingerprint density at radius 2 is 2.30 bits per heavy atom. The van der Waals surface area contributed by atoms with Crippen LogP contribution in [0.1, 0.15) is 37.8 Å². The molecule has 2 nitrogen and oxygen atoms in total. The third-order valence-corrected chi connectivity index (χ3v) is 5.38. The van der Waals surface area contributed by atoms with Gasteiger partial charge in [-0.05, 0) is 49.3 Å². The Balaban J connectivity index is 1.90. The van der Waals surface area contributed by atoms with Gasteiger partial charge in [0, 0.05) is 22.9 Å². The number of pyridine rings is 1. The summed E-state index contributed by atoms with van der Waals surface area (Å²) in [6, 6.07) is 11.1. The van der Waals surface area contributed by atoms with Crippen molar-refractivity contribution < 1.29 is 0 Å². The molecule has 0 spiro atoms. The van der Waals surface area contributed by atoms with Crippen LogP contribution in [0, 0.1) is 0 Å². The molecule has 0 amide bonds. The lowest BCUT2D eigenvalue weighted by Crippen LogP contribution is -2.29. The Hall–Kier alpha value is -1.06. The summed E-state index contributed by atoms with van der Waals surface area (Å²) < 4.78 is 0. The molecule has 3 rings (SSSR count). The van der Waals surface area contributed by atoms with Crippen LogP contribution in [0.4, 0.5) is 0 Å². The van der Waals surface area contributed by atoms with E-state index in [0.29, 0.717) is 11.3 Å². The summed E-state index contributed by atoms with van der Waals surface area (Å²) in [4.78, 5) is 4.63. The Morgan fingerprint density at radius 1 is 1.40 bits per heavy atom. The molecule has 0 bridgehead atoms. The van der Waals surface area contributed by atoms with E-state index in [2.05, 4.69) is 65.5 Å². The lowest BCUT2D eigenvalue weighted by Gasteiger charge is -2.24. The molecule has 2 aromatic rings. The third-order valence-electron chi connectivity index (χ3n) is 3.92. The predicted molar refractivity (Wildman–Crippen MR) is 88.3 cm³/mol. The first-order valence-electron chi connectivity index (χ1n) is 7.58. The molecule has 20 heavy (non-hydrogen) atoms. The first-order chi connectivity index (χ1) is 9.88. The van der Waals surface area contributed by atoms with E-state index in [1.165, 1.54) is 36.0 Å². The van der Waals surface area contributed by atoms with Crippen molar-refractivity contribution in [3.63, 3.8) is 0 Å². The average Bonchev–Trinajstić information content (AvgIpc) is 3.02. The van der Waals surface area contributed by atoms with Gasteiger partial charge in [-0.1, -0.05) is 25.1 Å². The summed E-state index contributed by atoms with van der Waals surface area (Å²) in [5.74, 6) is 1.30. The van der Waals surface area contributed by atoms with Gasteiger partial charge in [-0.25, -0.2) is 0 Å². The van der Waals surface area contributed by atoms with Gasteiger partial charge in [0.05, 0.1) is 5.52 Å². The molecule has 2 unspecified atom stereocenters. The first kappa shape index (κ1) is 13.9. The summed E-state index contributed by atoms with van der Waals surface area (Å²) >= 11 is 2.11. The topological polar surface area (TPSA) is 24.9 Å². The van der Waals surface area contributed by atoms with E-state index in [1.807, 2.05) is 0 Å². The van der Waals surface area contributed by atoms with Crippen molar-refractivity contribution >= 4 is 22.7 Å². The van der Waals surface area contributed by atoms with Gasteiger partial charge in [-0.15, -0.1) is 0 Å². The Labute approximate surface area is 125 Å². The summed E-state index contributed by atoms with van der Waals surface area (Å²) in [6.45, 7) is 3.30. The number of nitrogens with one attached hydrogen (secondary N) is 1. The second kappa shape index (κ2) is 6.59. The molecular formula is C17H22N2S. The van der Waals surface area contributed by atoms with Crippen LogP contribution in [-0.2, 0) is 0 Å². The molecule has 0 saturated carbocycles. The van der Waals surface area contributed by atoms with Crippen LogP contribution in [0.15, 0.2) is 36.5 Å². The number of para-hydroxylation sites is 1.